The Morgan fingerprint density at radius 2 is 2.00 bits per heavy atom. The fraction of sp³-hybridized carbons (Fsp3) is 0.250. The monoisotopic (exact) mass is 400 g/mol. The number of rotatable bonds is 2. The van der Waals surface area contributed by atoms with Crippen LogP contribution in [0.15, 0.2) is 40.8 Å². The molecule has 2 aromatic heterocycles. The van der Waals surface area contributed by atoms with Gasteiger partial charge in [0.2, 0.25) is 0 Å². The minimum atomic E-state index is -0.365. The van der Waals surface area contributed by atoms with Crippen LogP contribution in [-0.4, -0.2) is 19.5 Å². The number of thiophene rings is 1. The van der Waals surface area contributed by atoms with Gasteiger partial charge in [0.1, 0.15) is 23.1 Å². The van der Waals surface area contributed by atoms with E-state index in [4.69, 9.17) is 16.0 Å². The molecule has 5 rings (SSSR count). The number of furan rings is 1. The smallest absolute Gasteiger partial charge is 0.256 e. The second-order valence-electron chi connectivity index (χ2n) is 7.10. The van der Waals surface area contributed by atoms with Crippen LogP contribution in [0, 0.1) is 0 Å². The summed E-state index contributed by atoms with van der Waals surface area (Å²) in [6, 6.07) is 11.3. The van der Waals surface area contributed by atoms with Crippen molar-refractivity contribution in [2.24, 2.45) is 0 Å². The van der Waals surface area contributed by atoms with Gasteiger partial charge in [0.15, 0.2) is 6.17 Å². The summed E-state index contributed by atoms with van der Waals surface area (Å²) in [5.74, 6) is 1.42. The number of likely N-dealkylation sites (N-methyl/N-ethyl adjacent to an activating group) is 1. The molecule has 0 spiro atoms. The van der Waals surface area contributed by atoms with Gasteiger partial charge in [-0.15, -0.1) is 11.3 Å². The van der Waals surface area contributed by atoms with Gasteiger partial charge in [-0.3, -0.25) is 4.79 Å². The normalized spacial score (nSPS) is 21.2. The Morgan fingerprint density at radius 3 is 2.81 bits per heavy atom. The Hall–Kier alpha value is -2.28. The van der Waals surface area contributed by atoms with E-state index in [9.17, 15) is 4.79 Å². The lowest BCUT2D eigenvalue weighted by Gasteiger charge is -2.25. The number of quaternary nitrogens is 1. The lowest BCUT2D eigenvalue weighted by Crippen LogP contribution is -3.08. The molecule has 0 fully saturated rings. The number of halogens is 1. The van der Waals surface area contributed by atoms with Gasteiger partial charge in [-0.2, -0.15) is 0 Å². The number of hydrogen-bond acceptors (Lipinski definition) is 4. The van der Waals surface area contributed by atoms with Crippen LogP contribution in [0.3, 0.4) is 0 Å². The number of anilines is 1. The highest BCUT2D eigenvalue weighted by molar-refractivity contribution is 7.16. The predicted molar refractivity (Wildman–Crippen MR) is 106 cm³/mol. The summed E-state index contributed by atoms with van der Waals surface area (Å²) < 4.78 is 6.01. The van der Waals surface area contributed by atoms with Crippen molar-refractivity contribution < 1.29 is 14.1 Å². The standard InChI is InChI=1S/C20H18ClN3O2S/c1-24-9-8-13-16(10-24)27-20-17(13)19(25)22-18(23-20)15-7-6-14(26-15)11-2-4-12(21)5-3-11/h2-7,18,23H,8-10H2,1H3,(H,22,25)/p+1/t18-/m1/s1. The highest BCUT2D eigenvalue weighted by Crippen LogP contribution is 2.39. The molecule has 1 amide bonds. The number of hydrogen-bond donors (Lipinski definition) is 3. The Labute approximate surface area is 165 Å². The van der Waals surface area contributed by atoms with Gasteiger partial charge < -0.3 is 20.0 Å². The molecule has 3 aromatic rings. The molecule has 4 heterocycles. The van der Waals surface area contributed by atoms with Crippen LogP contribution in [0.1, 0.15) is 32.7 Å². The topological polar surface area (TPSA) is 58.7 Å². The molecule has 5 nitrogen and oxygen atoms in total. The van der Waals surface area contributed by atoms with Crippen molar-refractivity contribution in [3.05, 3.63) is 63.2 Å². The molecule has 0 radical (unpaired) electrons. The van der Waals surface area contributed by atoms with E-state index in [2.05, 4.69) is 17.7 Å². The van der Waals surface area contributed by atoms with Crippen molar-refractivity contribution >= 4 is 33.8 Å². The van der Waals surface area contributed by atoms with E-state index in [-0.39, 0.29) is 12.1 Å². The molecular weight excluding hydrogens is 382 g/mol. The number of carbonyl (C=O) groups is 1. The first-order chi connectivity index (χ1) is 13.1. The summed E-state index contributed by atoms with van der Waals surface area (Å²) in [6.07, 6.45) is 0.588. The summed E-state index contributed by atoms with van der Waals surface area (Å²) in [5.41, 5.74) is 2.99. The van der Waals surface area contributed by atoms with Crippen LogP contribution >= 0.6 is 22.9 Å². The van der Waals surface area contributed by atoms with Gasteiger partial charge in [0.25, 0.3) is 5.91 Å². The molecule has 2 atom stereocenters. The van der Waals surface area contributed by atoms with E-state index < -0.39 is 0 Å². The second-order valence-corrected chi connectivity index (χ2v) is 8.64. The van der Waals surface area contributed by atoms with Crippen LogP contribution in [0.5, 0.6) is 0 Å². The summed E-state index contributed by atoms with van der Waals surface area (Å²) in [6.45, 7) is 2.05. The highest BCUT2D eigenvalue weighted by atomic mass is 35.5. The Bertz CT molecular complexity index is 1020. The van der Waals surface area contributed by atoms with Crippen molar-refractivity contribution in [3.63, 3.8) is 0 Å². The zero-order valence-corrected chi connectivity index (χ0v) is 16.3. The number of amides is 1. The van der Waals surface area contributed by atoms with Crippen LogP contribution in [-0.2, 0) is 13.0 Å². The third-order valence-corrected chi connectivity index (χ3v) is 6.59. The van der Waals surface area contributed by atoms with Crippen LogP contribution in [0.2, 0.25) is 5.02 Å². The maximum atomic E-state index is 12.8. The number of fused-ring (bicyclic) bond motifs is 3. The van der Waals surface area contributed by atoms with E-state index in [0.29, 0.717) is 10.8 Å². The summed E-state index contributed by atoms with van der Waals surface area (Å²) >= 11 is 7.65. The van der Waals surface area contributed by atoms with E-state index in [0.717, 1.165) is 41.4 Å². The van der Waals surface area contributed by atoms with Crippen molar-refractivity contribution in [3.8, 4) is 11.3 Å². The molecule has 7 heteroatoms. The van der Waals surface area contributed by atoms with E-state index in [1.54, 1.807) is 11.3 Å². The van der Waals surface area contributed by atoms with Gasteiger partial charge in [0.05, 0.1) is 24.0 Å². The molecule has 138 valence electrons. The SMILES string of the molecule is C[NH+]1CCc2c(sc3c2C(=O)N[C@@H](c2ccc(-c4ccc(Cl)cc4)o2)N3)C1. The molecule has 1 unspecified atom stereocenters. The van der Waals surface area contributed by atoms with E-state index >= 15 is 0 Å². The summed E-state index contributed by atoms with van der Waals surface area (Å²) in [5, 5.41) is 8.14. The molecule has 0 saturated heterocycles. The molecule has 2 aliphatic heterocycles. The van der Waals surface area contributed by atoms with Crippen molar-refractivity contribution in [2.45, 2.75) is 19.1 Å². The second kappa shape index (κ2) is 6.41. The number of nitrogens with one attached hydrogen (secondary N) is 3. The van der Waals surface area contributed by atoms with Crippen LogP contribution in [0.25, 0.3) is 11.3 Å². The third-order valence-electron chi connectivity index (χ3n) is 5.17. The van der Waals surface area contributed by atoms with E-state index in [1.165, 1.54) is 15.3 Å². The summed E-state index contributed by atoms with van der Waals surface area (Å²) in [7, 11) is 2.19. The molecular formula is C20H19ClN3O2S+. The molecule has 0 aliphatic carbocycles. The van der Waals surface area contributed by atoms with Crippen LogP contribution < -0.4 is 15.5 Å². The van der Waals surface area contributed by atoms with Crippen molar-refractivity contribution in [1.29, 1.82) is 0 Å². The van der Waals surface area contributed by atoms with Gasteiger partial charge in [-0.1, -0.05) is 11.6 Å². The fourth-order valence-electron chi connectivity index (χ4n) is 3.75. The Kier molecular flexibility index (Phi) is 4.00. The van der Waals surface area contributed by atoms with Gasteiger partial charge in [0, 0.05) is 17.0 Å². The fourth-order valence-corrected chi connectivity index (χ4v) is 5.27. The number of benzene rings is 1. The van der Waals surface area contributed by atoms with Crippen LogP contribution in [0.4, 0.5) is 5.00 Å². The van der Waals surface area contributed by atoms with Gasteiger partial charge in [-0.05, 0) is 42.0 Å². The number of carbonyl (C=O) groups excluding carboxylic acids is 1. The average molecular weight is 401 g/mol. The van der Waals surface area contributed by atoms with Gasteiger partial charge in [-0.25, -0.2) is 0 Å². The van der Waals surface area contributed by atoms with E-state index in [1.807, 2.05) is 36.4 Å². The first kappa shape index (κ1) is 16.9. The molecule has 3 N–H and O–H groups in total. The first-order valence-corrected chi connectivity index (χ1v) is 10.2. The van der Waals surface area contributed by atoms with Crippen molar-refractivity contribution in [2.75, 3.05) is 18.9 Å². The van der Waals surface area contributed by atoms with Gasteiger partial charge >= 0.3 is 0 Å². The molecule has 27 heavy (non-hydrogen) atoms. The average Bonchev–Trinajstić information content (AvgIpc) is 3.26. The largest absolute Gasteiger partial charge is 0.457 e. The maximum Gasteiger partial charge on any atom is 0.256 e. The minimum Gasteiger partial charge on any atom is -0.457 e. The third kappa shape index (κ3) is 2.94. The molecule has 0 saturated carbocycles. The zero-order valence-electron chi connectivity index (χ0n) is 14.8. The molecule has 2 aliphatic rings. The van der Waals surface area contributed by atoms with Crippen molar-refractivity contribution in [1.82, 2.24) is 5.32 Å². The predicted octanol–water partition coefficient (Wildman–Crippen LogP) is 3.09. The molecule has 0 bridgehead atoms. The lowest BCUT2D eigenvalue weighted by molar-refractivity contribution is -0.895. The Morgan fingerprint density at radius 1 is 1.19 bits per heavy atom. The highest BCUT2D eigenvalue weighted by Gasteiger charge is 2.34. The quantitative estimate of drug-likeness (QED) is 0.619. The first-order valence-electron chi connectivity index (χ1n) is 8.97. The maximum absolute atomic E-state index is 12.8. The Balaban J connectivity index is 1.44. The zero-order chi connectivity index (χ0) is 18.5. The summed E-state index contributed by atoms with van der Waals surface area (Å²) in [4.78, 5) is 15.6. The lowest BCUT2D eigenvalue weighted by atomic mass is 10.0. The molecule has 1 aromatic carbocycles. The minimum absolute atomic E-state index is 0.0183.